The second-order valence-electron chi connectivity index (χ2n) is 10.4. The highest BCUT2D eigenvalue weighted by Gasteiger charge is 2.36. The van der Waals surface area contributed by atoms with E-state index in [1.165, 1.54) is 41.6 Å². The van der Waals surface area contributed by atoms with E-state index in [1.54, 1.807) is 7.11 Å². The van der Waals surface area contributed by atoms with Crippen molar-refractivity contribution in [1.29, 1.82) is 0 Å². The number of benzene rings is 2. The third-order valence-corrected chi connectivity index (χ3v) is 8.71. The molecule has 2 aromatic rings. The number of fused-ring (bicyclic) bond motifs is 1. The number of hydrogen-bond donors (Lipinski definition) is 0. The number of piperidine rings is 1. The molecule has 5 rings (SSSR count). The monoisotopic (exact) mass is 498 g/mol. The molecule has 3 heterocycles. The third kappa shape index (κ3) is 5.28. The number of methoxy groups -OCH3 is 1. The summed E-state index contributed by atoms with van der Waals surface area (Å²) >= 11 is 6.27. The lowest BCUT2D eigenvalue weighted by atomic mass is 9.86. The molecule has 3 aliphatic heterocycles. The highest BCUT2D eigenvalue weighted by molar-refractivity contribution is 6.32. The molecule has 0 spiro atoms. The molecule has 0 N–H and O–H groups in total. The minimum absolute atomic E-state index is 0.485. The molecule has 0 aliphatic carbocycles. The molecule has 0 radical (unpaired) electrons. The first-order chi connectivity index (χ1) is 17.0. The van der Waals surface area contributed by atoms with Gasteiger partial charge in [0.2, 0.25) is 0 Å². The third-order valence-electron chi connectivity index (χ3n) is 8.40. The van der Waals surface area contributed by atoms with Crippen molar-refractivity contribution in [3.05, 3.63) is 52.0 Å². The van der Waals surface area contributed by atoms with Crippen LogP contribution in [-0.2, 0) is 4.74 Å². The maximum Gasteiger partial charge on any atom is 0.139 e. The first-order valence-corrected chi connectivity index (χ1v) is 13.6. The van der Waals surface area contributed by atoms with Gasteiger partial charge in [0, 0.05) is 56.7 Å². The van der Waals surface area contributed by atoms with E-state index in [1.807, 2.05) is 6.07 Å². The van der Waals surface area contributed by atoms with E-state index in [2.05, 4.69) is 47.9 Å². The molecule has 3 saturated heterocycles. The summed E-state index contributed by atoms with van der Waals surface area (Å²) in [4.78, 5) is 5.26. The minimum Gasteiger partial charge on any atom is -0.495 e. The van der Waals surface area contributed by atoms with Crippen molar-refractivity contribution >= 4 is 17.3 Å². The number of ether oxygens (including phenoxy) is 3. The van der Waals surface area contributed by atoms with Crippen LogP contribution < -0.4 is 14.4 Å². The van der Waals surface area contributed by atoms with Crippen LogP contribution in [0, 0.1) is 19.8 Å². The standard InChI is InChI=1S/C29H39ClN2O3/c1-20-21(2)28(35-19-22-11-15-34-16-12-22)10-8-25(20)27-6-4-5-24-18-31(13-14-32(24)27)23-7-9-26(30)29(17-23)33-3/h7-10,17,22,24,27H,4-6,11-16,18-19H2,1-3H3/t24?,27-/m1/s1. The zero-order valence-corrected chi connectivity index (χ0v) is 22.2. The van der Waals surface area contributed by atoms with Gasteiger partial charge in [-0.2, -0.15) is 0 Å². The summed E-state index contributed by atoms with van der Waals surface area (Å²) in [5.41, 5.74) is 5.37. The minimum atomic E-state index is 0.485. The topological polar surface area (TPSA) is 34.2 Å². The van der Waals surface area contributed by atoms with Gasteiger partial charge in [-0.3, -0.25) is 4.90 Å². The predicted octanol–water partition coefficient (Wildman–Crippen LogP) is 6.19. The Kier molecular flexibility index (Phi) is 7.76. The molecular formula is C29H39ClN2O3. The molecule has 0 amide bonds. The zero-order valence-electron chi connectivity index (χ0n) is 21.4. The summed E-state index contributed by atoms with van der Waals surface area (Å²) in [6.45, 7) is 10.2. The molecule has 3 fully saturated rings. The smallest absolute Gasteiger partial charge is 0.139 e. The predicted molar refractivity (Wildman–Crippen MR) is 142 cm³/mol. The Labute approximate surface area is 215 Å². The fourth-order valence-electron chi connectivity index (χ4n) is 6.12. The van der Waals surface area contributed by atoms with Gasteiger partial charge in [-0.1, -0.05) is 17.7 Å². The van der Waals surface area contributed by atoms with Gasteiger partial charge in [-0.25, -0.2) is 0 Å². The average molecular weight is 499 g/mol. The van der Waals surface area contributed by atoms with Gasteiger partial charge >= 0.3 is 0 Å². The van der Waals surface area contributed by atoms with E-state index in [4.69, 9.17) is 25.8 Å². The van der Waals surface area contributed by atoms with Crippen LogP contribution in [0.15, 0.2) is 30.3 Å². The number of anilines is 1. The highest BCUT2D eigenvalue weighted by atomic mass is 35.5. The van der Waals surface area contributed by atoms with E-state index in [0.717, 1.165) is 63.8 Å². The van der Waals surface area contributed by atoms with Crippen molar-refractivity contribution in [3.8, 4) is 11.5 Å². The van der Waals surface area contributed by atoms with Crippen LogP contribution in [0.3, 0.4) is 0 Å². The Hall–Kier alpha value is -1.95. The fraction of sp³-hybridized carbons (Fsp3) is 0.586. The summed E-state index contributed by atoms with van der Waals surface area (Å²) < 4.78 is 17.3. The van der Waals surface area contributed by atoms with Crippen molar-refractivity contribution in [3.63, 3.8) is 0 Å². The number of hydrogen-bond acceptors (Lipinski definition) is 5. The molecule has 1 unspecified atom stereocenters. The van der Waals surface area contributed by atoms with Crippen molar-refractivity contribution in [1.82, 2.24) is 4.90 Å². The van der Waals surface area contributed by atoms with Crippen LogP contribution in [0.2, 0.25) is 5.02 Å². The summed E-state index contributed by atoms with van der Waals surface area (Å²) in [6, 6.07) is 11.7. The molecule has 5 nitrogen and oxygen atoms in total. The van der Waals surface area contributed by atoms with E-state index >= 15 is 0 Å². The molecular weight excluding hydrogens is 460 g/mol. The normalized spacial score (nSPS) is 23.7. The molecule has 3 aliphatic rings. The van der Waals surface area contributed by atoms with Crippen LogP contribution in [0.4, 0.5) is 5.69 Å². The van der Waals surface area contributed by atoms with Crippen LogP contribution in [0.25, 0.3) is 0 Å². The Morgan fingerprint density at radius 3 is 2.60 bits per heavy atom. The Morgan fingerprint density at radius 2 is 1.80 bits per heavy atom. The lowest BCUT2D eigenvalue weighted by Crippen LogP contribution is -2.56. The number of piperazine rings is 1. The second-order valence-corrected chi connectivity index (χ2v) is 10.8. The molecule has 0 bridgehead atoms. The van der Waals surface area contributed by atoms with E-state index in [-0.39, 0.29) is 0 Å². The number of nitrogens with zero attached hydrogens (tertiary/aromatic N) is 2. The highest BCUT2D eigenvalue weighted by Crippen LogP contribution is 2.40. The molecule has 2 aromatic carbocycles. The van der Waals surface area contributed by atoms with E-state index < -0.39 is 0 Å². The van der Waals surface area contributed by atoms with Crippen LogP contribution in [-0.4, -0.2) is 57.5 Å². The van der Waals surface area contributed by atoms with Gasteiger partial charge < -0.3 is 19.1 Å². The Balaban J connectivity index is 1.28. The molecule has 35 heavy (non-hydrogen) atoms. The summed E-state index contributed by atoms with van der Waals surface area (Å²) in [6.07, 6.45) is 5.96. The van der Waals surface area contributed by atoms with Crippen molar-refractivity contribution in [2.45, 2.75) is 58.0 Å². The summed E-state index contributed by atoms with van der Waals surface area (Å²) in [7, 11) is 1.68. The quantitative estimate of drug-likeness (QED) is 0.474. The second kappa shape index (κ2) is 11.0. The lowest BCUT2D eigenvalue weighted by molar-refractivity contribution is 0.0496. The van der Waals surface area contributed by atoms with Crippen molar-refractivity contribution < 1.29 is 14.2 Å². The van der Waals surface area contributed by atoms with E-state index in [0.29, 0.717) is 23.0 Å². The van der Waals surface area contributed by atoms with Gasteiger partial charge in [0.05, 0.1) is 18.7 Å². The fourth-order valence-corrected chi connectivity index (χ4v) is 6.31. The van der Waals surface area contributed by atoms with Crippen LogP contribution >= 0.6 is 11.6 Å². The molecule has 2 atom stereocenters. The van der Waals surface area contributed by atoms with Gasteiger partial charge in [0.25, 0.3) is 0 Å². The van der Waals surface area contributed by atoms with Gasteiger partial charge in [-0.15, -0.1) is 0 Å². The van der Waals surface area contributed by atoms with Crippen LogP contribution in [0.5, 0.6) is 11.5 Å². The number of rotatable bonds is 6. The lowest BCUT2D eigenvalue weighted by Gasteiger charge is -2.49. The average Bonchev–Trinajstić information content (AvgIpc) is 2.90. The van der Waals surface area contributed by atoms with E-state index in [9.17, 15) is 0 Å². The molecule has 0 aromatic heterocycles. The van der Waals surface area contributed by atoms with Crippen molar-refractivity contribution in [2.75, 3.05) is 51.5 Å². The zero-order chi connectivity index (χ0) is 24.4. The summed E-state index contributed by atoms with van der Waals surface area (Å²) in [5.74, 6) is 2.41. The maximum absolute atomic E-state index is 6.30. The number of halogens is 1. The molecule has 6 heteroatoms. The Bertz CT molecular complexity index is 1020. The molecule has 0 saturated carbocycles. The Morgan fingerprint density at radius 1 is 0.971 bits per heavy atom. The SMILES string of the molecule is COc1cc(N2CCN3C(CCC[C@@H]3c3ccc(OCC4CCOCC4)c(C)c3C)C2)ccc1Cl. The van der Waals surface area contributed by atoms with Gasteiger partial charge in [0.15, 0.2) is 0 Å². The summed E-state index contributed by atoms with van der Waals surface area (Å²) in [5, 5.41) is 0.665. The van der Waals surface area contributed by atoms with Gasteiger partial charge in [0.1, 0.15) is 11.5 Å². The maximum atomic E-state index is 6.30. The first-order valence-electron chi connectivity index (χ1n) is 13.2. The van der Waals surface area contributed by atoms with Gasteiger partial charge in [-0.05, 0) is 86.8 Å². The van der Waals surface area contributed by atoms with Crippen molar-refractivity contribution in [2.24, 2.45) is 5.92 Å². The largest absolute Gasteiger partial charge is 0.495 e. The molecule has 190 valence electrons. The van der Waals surface area contributed by atoms with Crippen LogP contribution in [0.1, 0.15) is 54.8 Å². The first kappa shape index (κ1) is 24.7.